The fraction of sp³-hybridized carbons (Fsp3) is 0.176. The Hall–Kier alpha value is -3.13. The molecule has 0 fully saturated rings. The highest BCUT2D eigenvalue weighted by Gasteiger charge is 2.24. The first-order valence-electron chi connectivity index (χ1n) is 7.84. The van der Waals surface area contributed by atoms with Crippen LogP contribution in [-0.4, -0.2) is 31.4 Å². The molecule has 0 amide bonds. The van der Waals surface area contributed by atoms with Gasteiger partial charge in [0.25, 0.3) is 5.49 Å². The molecule has 1 heterocycles. The number of benzene rings is 2. The maximum absolute atomic E-state index is 11.3. The van der Waals surface area contributed by atoms with Crippen molar-refractivity contribution >= 4 is 17.4 Å². The van der Waals surface area contributed by atoms with Crippen molar-refractivity contribution in [3.05, 3.63) is 80.8 Å². The van der Waals surface area contributed by atoms with E-state index >= 15 is 0 Å². The number of nitrogens with zero attached hydrogens (tertiary/aromatic N) is 5. The predicted molar refractivity (Wildman–Crippen MR) is 95.7 cm³/mol. The summed E-state index contributed by atoms with van der Waals surface area (Å²) in [6.45, 7) is 2.22. The SMILES string of the molecule is C[C@@H](CN=c1c([N+](=O)[O-])nn(-c2ccc(Cl)cc2)n1O)c1ccccc1. The molecular weight excluding hydrogens is 358 g/mol. The van der Waals surface area contributed by atoms with Gasteiger partial charge >= 0.3 is 5.82 Å². The van der Waals surface area contributed by atoms with E-state index in [-0.39, 0.29) is 18.0 Å². The lowest BCUT2D eigenvalue weighted by Crippen LogP contribution is -2.23. The Morgan fingerprint density at radius 3 is 2.50 bits per heavy atom. The fourth-order valence-corrected chi connectivity index (χ4v) is 2.59. The molecule has 0 aliphatic heterocycles. The normalized spacial score (nSPS) is 12.9. The first-order chi connectivity index (χ1) is 12.5. The molecule has 1 N–H and O–H groups in total. The molecule has 1 aromatic heterocycles. The number of aromatic nitrogens is 3. The Labute approximate surface area is 153 Å². The van der Waals surface area contributed by atoms with Crippen molar-refractivity contribution in [3.63, 3.8) is 0 Å². The van der Waals surface area contributed by atoms with E-state index in [1.165, 1.54) is 0 Å². The summed E-state index contributed by atoms with van der Waals surface area (Å²) in [4.78, 5) is 16.4. The lowest BCUT2D eigenvalue weighted by molar-refractivity contribution is -0.391. The van der Waals surface area contributed by atoms with Gasteiger partial charge in [-0.25, -0.2) is 0 Å². The van der Waals surface area contributed by atoms with E-state index in [1.54, 1.807) is 24.3 Å². The van der Waals surface area contributed by atoms with E-state index in [9.17, 15) is 15.3 Å². The third kappa shape index (κ3) is 3.60. The quantitative estimate of drug-likeness (QED) is 0.422. The van der Waals surface area contributed by atoms with Crippen LogP contribution in [0.1, 0.15) is 18.4 Å². The first kappa shape index (κ1) is 17.7. The van der Waals surface area contributed by atoms with Crippen LogP contribution in [0.4, 0.5) is 5.82 Å². The molecule has 0 spiro atoms. The van der Waals surface area contributed by atoms with Crippen LogP contribution in [0.5, 0.6) is 0 Å². The molecule has 0 unspecified atom stereocenters. The monoisotopic (exact) mass is 373 g/mol. The number of rotatable bonds is 5. The van der Waals surface area contributed by atoms with Crippen LogP contribution in [0.3, 0.4) is 0 Å². The van der Waals surface area contributed by atoms with Gasteiger partial charge in [0, 0.05) is 17.5 Å². The van der Waals surface area contributed by atoms with E-state index in [0.717, 1.165) is 10.4 Å². The van der Waals surface area contributed by atoms with Crippen molar-refractivity contribution in [3.8, 4) is 5.69 Å². The van der Waals surface area contributed by atoms with Gasteiger partial charge in [0.15, 0.2) is 0 Å². The van der Waals surface area contributed by atoms with Crippen molar-refractivity contribution in [1.29, 1.82) is 0 Å². The van der Waals surface area contributed by atoms with Gasteiger partial charge in [-0.2, -0.15) is 0 Å². The molecule has 0 saturated heterocycles. The van der Waals surface area contributed by atoms with Crippen molar-refractivity contribution < 1.29 is 10.1 Å². The fourth-order valence-electron chi connectivity index (χ4n) is 2.46. The third-order valence-corrected chi connectivity index (χ3v) is 4.12. The molecule has 134 valence electrons. The molecule has 9 heteroatoms. The van der Waals surface area contributed by atoms with Crippen LogP contribution in [-0.2, 0) is 0 Å². The number of nitro groups is 1. The predicted octanol–water partition coefficient (Wildman–Crippen LogP) is 3.18. The van der Waals surface area contributed by atoms with E-state index in [4.69, 9.17) is 11.6 Å². The topological polar surface area (TPSA) is 98.5 Å². The van der Waals surface area contributed by atoms with Crippen LogP contribution in [0, 0.1) is 10.1 Å². The van der Waals surface area contributed by atoms with Crippen molar-refractivity contribution in [2.45, 2.75) is 12.8 Å². The second-order valence-electron chi connectivity index (χ2n) is 5.71. The van der Waals surface area contributed by atoms with Crippen molar-refractivity contribution in [2.24, 2.45) is 4.99 Å². The van der Waals surface area contributed by atoms with Crippen LogP contribution in [0.15, 0.2) is 59.6 Å². The van der Waals surface area contributed by atoms with Crippen molar-refractivity contribution in [2.75, 3.05) is 6.54 Å². The summed E-state index contributed by atoms with van der Waals surface area (Å²) in [5.41, 5.74) is 1.25. The molecule has 1 atom stereocenters. The summed E-state index contributed by atoms with van der Waals surface area (Å²) in [5.74, 6) is -0.502. The molecule has 0 aliphatic rings. The summed E-state index contributed by atoms with van der Waals surface area (Å²) in [7, 11) is 0. The van der Waals surface area contributed by atoms with Gasteiger partial charge in [0.2, 0.25) is 0 Å². The summed E-state index contributed by atoms with van der Waals surface area (Å²) >= 11 is 5.84. The Bertz CT molecular complexity index is 980. The summed E-state index contributed by atoms with van der Waals surface area (Å²) in [5, 5.41) is 26.0. The van der Waals surface area contributed by atoms with Crippen LogP contribution < -0.4 is 5.49 Å². The summed E-state index contributed by atoms with van der Waals surface area (Å²) < 4.78 is 0. The minimum absolute atomic E-state index is 0.0229. The van der Waals surface area contributed by atoms with Gasteiger partial charge in [-0.3, -0.25) is 4.99 Å². The second-order valence-corrected chi connectivity index (χ2v) is 6.15. The van der Waals surface area contributed by atoms with Gasteiger partial charge in [-0.05, 0) is 39.5 Å². The van der Waals surface area contributed by atoms with Gasteiger partial charge in [0.05, 0.1) is 5.10 Å². The highest BCUT2D eigenvalue weighted by Crippen LogP contribution is 2.15. The molecule has 0 saturated carbocycles. The van der Waals surface area contributed by atoms with E-state index in [0.29, 0.717) is 15.6 Å². The molecule has 8 nitrogen and oxygen atoms in total. The lowest BCUT2D eigenvalue weighted by atomic mass is 10.0. The first-order valence-corrected chi connectivity index (χ1v) is 8.22. The van der Waals surface area contributed by atoms with Crippen LogP contribution >= 0.6 is 11.6 Å². The number of halogens is 1. The molecule has 0 bridgehead atoms. The number of hydrogen-bond acceptors (Lipinski definition) is 5. The van der Waals surface area contributed by atoms with Crippen molar-refractivity contribution in [1.82, 2.24) is 14.7 Å². The molecule has 3 aromatic rings. The average Bonchev–Trinajstić information content (AvgIpc) is 2.98. The van der Waals surface area contributed by atoms with Crippen LogP contribution in [0.2, 0.25) is 5.02 Å². The third-order valence-electron chi connectivity index (χ3n) is 3.87. The zero-order valence-corrected chi connectivity index (χ0v) is 14.6. The van der Waals surface area contributed by atoms with Gasteiger partial charge in [0.1, 0.15) is 5.69 Å². The Balaban J connectivity index is 2.00. The maximum Gasteiger partial charge on any atom is 0.438 e. The van der Waals surface area contributed by atoms with Gasteiger partial charge in [-0.15, -0.1) is 0 Å². The molecule has 26 heavy (non-hydrogen) atoms. The highest BCUT2D eigenvalue weighted by atomic mass is 35.5. The molecule has 3 rings (SSSR count). The minimum Gasteiger partial charge on any atom is -0.409 e. The van der Waals surface area contributed by atoms with E-state index < -0.39 is 10.7 Å². The lowest BCUT2D eigenvalue weighted by Gasteiger charge is -2.07. The highest BCUT2D eigenvalue weighted by molar-refractivity contribution is 6.30. The van der Waals surface area contributed by atoms with Gasteiger partial charge < -0.3 is 15.3 Å². The Morgan fingerprint density at radius 2 is 1.88 bits per heavy atom. The Kier molecular flexibility index (Phi) is 5.04. The molecular formula is C17H16ClN5O3. The minimum atomic E-state index is -0.675. The van der Waals surface area contributed by atoms with Crippen LogP contribution in [0.25, 0.3) is 5.69 Å². The average molecular weight is 374 g/mol. The zero-order valence-electron chi connectivity index (χ0n) is 13.9. The van der Waals surface area contributed by atoms with Gasteiger partial charge in [-0.1, -0.05) is 53.7 Å². The standard InChI is InChI=1S/C17H16ClN5O3/c1-12(13-5-3-2-4-6-13)11-19-16-17(23(25)26)20-21(22(16)24)15-9-7-14(18)8-10-15/h2-10,12,24H,11H2,1H3/t12-/m0/s1. The van der Waals surface area contributed by atoms with E-state index in [2.05, 4.69) is 10.1 Å². The smallest absolute Gasteiger partial charge is 0.409 e. The number of hydrogen-bond donors (Lipinski definition) is 1. The maximum atomic E-state index is 11.3. The Morgan fingerprint density at radius 1 is 1.23 bits per heavy atom. The largest absolute Gasteiger partial charge is 0.438 e. The molecule has 0 radical (unpaired) electrons. The summed E-state index contributed by atoms with van der Waals surface area (Å²) in [6, 6.07) is 16.0. The second kappa shape index (κ2) is 7.40. The summed E-state index contributed by atoms with van der Waals surface area (Å²) in [6.07, 6.45) is 0. The van der Waals surface area contributed by atoms with E-state index in [1.807, 2.05) is 37.3 Å². The zero-order chi connectivity index (χ0) is 18.7. The molecule has 2 aromatic carbocycles. The molecule has 0 aliphatic carbocycles.